The predicted octanol–water partition coefficient (Wildman–Crippen LogP) is 3.87. The van der Waals surface area contributed by atoms with Crippen molar-refractivity contribution in [2.45, 2.75) is 58.5 Å². The van der Waals surface area contributed by atoms with Crippen LogP contribution in [-0.4, -0.2) is 33.6 Å². The second-order valence-corrected chi connectivity index (χ2v) is 10.5. The van der Waals surface area contributed by atoms with Gasteiger partial charge in [-0.1, -0.05) is 43.7 Å². The summed E-state index contributed by atoms with van der Waals surface area (Å²) in [5, 5.41) is 3.30. The van der Waals surface area contributed by atoms with Crippen molar-refractivity contribution >= 4 is 17.7 Å². The van der Waals surface area contributed by atoms with E-state index in [1.165, 1.54) is 6.07 Å². The molecule has 0 saturated heterocycles. The Morgan fingerprint density at radius 3 is 2.42 bits per heavy atom. The van der Waals surface area contributed by atoms with Gasteiger partial charge in [-0.2, -0.15) is 0 Å². The van der Waals surface area contributed by atoms with E-state index in [9.17, 15) is 19.2 Å². The van der Waals surface area contributed by atoms with Gasteiger partial charge in [0.25, 0.3) is 11.8 Å². The molecule has 0 saturated carbocycles. The molecule has 0 spiro atoms. The molecule has 3 atom stereocenters. The number of nitrogens with one attached hydrogen (secondary N) is 2. The number of nitrogens with zero attached hydrogens (tertiary/aromatic N) is 1. The van der Waals surface area contributed by atoms with Gasteiger partial charge in [-0.05, 0) is 62.8 Å². The van der Waals surface area contributed by atoms with E-state index in [-0.39, 0.29) is 23.3 Å². The van der Waals surface area contributed by atoms with Crippen LogP contribution in [0.5, 0.6) is 0 Å². The fourth-order valence-electron chi connectivity index (χ4n) is 6.25. The Morgan fingerprint density at radius 2 is 1.81 bits per heavy atom. The van der Waals surface area contributed by atoms with Gasteiger partial charge in [0.15, 0.2) is 0 Å². The number of hydrogen-bond donors (Lipinski definition) is 2. The van der Waals surface area contributed by atoms with Crippen LogP contribution in [0.15, 0.2) is 64.5 Å². The average molecular weight is 486 g/mol. The molecule has 3 aliphatic rings. The fourth-order valence-corrected chi connectivity index (χ4v) is 6.25. The van der Waals surface area contributed by atoms with Crippen molar-refractivity contribution in [1.82, 2.24) is 15.2 Å². The van der Waals surface area contributed by atoms with Crippen molar-refractivity contribution in [3.8, 4) is 0 Å². The summed E-state index contributed by atoms with van der Waals surface area (Å²) < 4.78 is 0. The number of carbonyl (C=O) groups is 3. The minimum atomic E-state index is -0.956. The summed E-state index contributed by atoms with van der Waals surface area (Å²) >= 11 is 0. The number of rotatable bonds is 5. The molecular weight excluding hydrogens is 454 g/mol. The lowest BCUT2D eigenvalue weighted by Crippen LogP contribution is -2.59. The average Bonchev–Trinajstić information content (AvgIpc) is 3.06. The monoisotopic (exact) mass is 485 g/mol. The van der Waals surface area contributed by atoms with Gasteiger partial charge in [-0.25, -0.2) is 0 Å². The molecule has 2 aromatic rings. The summed E-state index contributed by atoms with van der Waals surface area (Å²) in [6, 6.07) is 9.03. The van der Waals surface area contributed by atoms with Gasteiger partial charge in [0.1, 0.15) is 6.04 Å². The van der Waals surface area contributed by atoms with Crippen LogP contribution in [0, 0.1) is 11.8 Å². The molecule has 2 N–H and O–H groups in total. The van der Waals surface area contributed by atoms with Crippen molar-refractivity contribution in [3.63, 3.8) is 0 Å². The summed E-state index contributed by atoms with van der Waals surface area (Å²) in [4.78, 5) is 57.0. The Balaban J connectivity index is 1.59. The fraction of sp³-hybridized carbons (Fsp3) is 0.379. The van der Waals surface area contributed by atoms with E-state index >= 15 is 0 Å². The van der Waals surface area contributed by atoms with Gasteiger partial charge >= 0.3 is 0 Å². The van der Waals surface area contributed by atoms with Crippen molar-refractivity contribution in [1.29, 1.82) is 0 Å². The predicted molar refractivity (Wildman–Crippen MR) is 136 cm³/mol. The summed E-state index contributed by atoms with van der Waals surface area (Å²) in [5.74, 6) is -1.14. The molecular formula is C29H31N3O4. The third-order valence-corrected chi connectivity index (χ3v) is 7.59. The number of fused-ring (bicyclic) bond motifs is 5. The standard InChI is InChI=1S/C29H31N3O4/c1-5-21-18-13-17(4)15-29(21,22-10-11-25(33)30-23(22)14-18)31-26(34)24(12-16(2)3)32-27(35)19-8-6-7-9-20(19)28(32)36/h5-11,13,16,18,24H,12,14-15H2,1-4H3,(H,30,33)(H,31,34). The highest BCUT2D eigenvalue weighted by atomic mass is 16.2. The zero-order valence-corrected chi connectivity index (χ0v) is 21.1. The second kappa shape index (κ2) is 8.73. The van der Waals surface area contributed by atoms with E-state index in [2.05, 4.69) is 16.4 Å². The molecule has 1 aliphatic heterocycles. The van der Waals surface area contributed by atoms with Gasteiger partial charge in [0.05, 0.1) is 16.7 Å². The van der Waals surface area contributed by atoms with Crippen molar-refractivity contribution in [2.75, 3.05) is 0 Å². The minimum Gasteiger partial charge on any atom is -0.341 e. The van der Waals surface area contributed by atoms with Crippen LogP contribution >= 0.6 is 0 Å². The first-order valence-corrected chi connectivity index (χ1v) is 12.5. The van der Waals surface area contributed by atoms with Crippen molar-refractivity contribution < 1.29 is 14.4 Å². The molecule has 3 amide bonds. The maximum Gasteiger partial charge on any atom is 0.262 e. The van der Waals surface area contributed by atoms with E-state index in [1.807, 2.05) is 33.8 Å². The summed E-state index contributed by atoms with van der Waals surface area (Å²) in [5.41, 5.74) is 3.49. The van der Waals surface area contributed by atoms with E-state index in [0.717, 1.165) is 27.3 Å². The Morgan fingerprint density at radius 1 is 1.14 bits per heavy atom. The first-order chi connectivity index (χ1) is 17.2. The number of imide groups is 1. The smallest absolute Gasteiger partial charge is 0.262 e. The number of amides is 3. The van der Waals surface area contributed by atoms with Crippen LogP contribution in [0.1, 0.15) is 72.5 Å². The number of aromatic amines is 1. The Hall–Kier alpha value is -3.74. The third-order valence-electron chi connectivity index (χ3n) is 7.59. The number of carbonyl (C=O) groups excluding carboxylic acids is 3. The van der Waals surface area contributed by atoms with Crippen LogP contribution in [0.2, 0.25) is 0 Å². The van der Waals surface area contributed by atoms with Gasteiger partial charge in [0, 0.05) is 23.2 Å². The van der Waals surface area contributed by atoms with E-state index in [1.54, 1.807) is 30.3 Å². The first-order valence-electron chi connectivity index (χ1n) is 12.5. The van der Waals surface area contributed by atoms with E-state index in [0.29, 0.717) is 30.4 Å². The number of allylic oxidation sites excluding steroid dienone is 2. The Kier molecular flexibility index (Phi) is 5.81. The maximum absolute atomic E-state index is 14.1. The molecule has 36 heavy (non-hydrogen) atoms. The van der Waals surface area contributed by atoms with Gasteiger partial charge in [-0.3, -0.25) is 24.1 Å². The van der Waals surface area contributed by atoms with Gasteiger partial charge in [0.2, 0.25) is 11.5 Å². The number of benzene rings is 1. The van der Waals surface area contributed by atoms with Crippen LogP contribution in [0.25, 0.3) is 0 Å². The molecule has 3 unspecified atom stereocenters. The van der Waals surface area contributed by atoms with Gasteiger partial charge < -0.3 is 10.3 Å². The lowest BCUT2D eigenvalue weighted by Gasteiger charge is -2.48. The maximum atomic E-state index is 14.1. The molecule has 7 heteroatoms. The molecule has 5 rings (SSSR count). The zero-order chi connectivity index (χ0) is 25.8. The molecule has 1 aromatic carbocycles. The van der Waals surface area contributed by atoms with E-state index in [4.69, 9.17) is 0 Å². The van der Waals surface area contributed by atoms with E-state index < -0.39 is 23.4 Å². The topological polar surface area (TPSA) is 99.3 Å². The molecule has 2 heterocycles. The minimum absolute atomic E-state index is 0.0393. The highest BCUT2D eigenvalue weighted by molar-refractivity contribution is 6.22. The Labute approximate surface area is 210 Å². The highest BCUT2D eigenvalue weighted by Gasteiger charge is 2.50. The largest absolute Gasteiger partial charge is 0.341 e. The summed E-state index contributed by atoms with van der Waals surface area (Å²) in [6.45, 7) is 7.95. The highest BCUT2D eigenvalue weighted by Crippen LogP contribution is 2.49. The second-order valence-electron chi connectivity index (χ2n) is 10.5. The third kappa shape index (κ3) is 3.65. The van der Waals surface area contributed by atoms with Crippen LogP contribution in [0.3, 0.4) is 0 Å². The Bertz CT molecular complexity index is 1360. The van der Waals surface area contributed by atoms with Crippen LogP contribution in [0.4, 0.5) is 0 Å². The molecule has 0 radical (unpaired) electrons. The number of pyridine rings is 1. The summed E-state index contributed by atoms with van der Waals surface area (Å²) in [6.07, 6.45) is 5.78. The normalized spacial score (nSPS) is 24.5. The quantitative estimate of drug-likeness (QED) is 0.496. The molecule has 1 aromatic heterocycles. The molecule has 2 bridgehead atoms. The lowest BCUT2D eigenvalue weighted by molar-refractivity contribution is -0.127. The molecule has 7 nitrogen and oxygen atoms in total. The molecule has 186 valence electrons. The van der Waals surface area contributed by atoms with Crippen LogP contribution in [-0.2, 0) is 16.8 Å². The molecule has 2 aliphatic carbocycles. The van der Waals surface area contributed by atoms with Crippen LogP contribution < -0.4 is 10.9 Å². The zero-order valence-electron chi connectivity index (χ0n) is 21.1. The SMILES string of the molecule is CC=C1C2C=C(C)CC1(NC(=O)C(CC(C)C)N1C(=O)c3ccccc3C1=O)c1ccc(=O)[nH]c1C2. The summed E-state index contributed by atoms with van der Waals surface area (Å²) in [7, 11) is 0. The number of hydrogen-bond acceptors (Lipinski definition) is 4. The van der Waals surface area contributed by atoms with Crippen molar-refractivity contribution in [2.24, 2.45) is 11.8 Å². The first kappa shape index (κ1) is 24.0. The number of H-pyrrole nitrogens is 1. The number of aromatic nitrogens is 1. The van der Waals surface area contributed by atoms with Gasteiger partial charge in [-0.15, -0.1) is 0 Å². The molecule has 0 fully saturated rings. The lowest BCUT2D eigenvalue weighted by atomic mass is 9.63. The van der Waals surface area contributed by atoms with Crippen molar-refractivity contribution in [3.05, 3.63) is 92.4 Å².